The second kappa shape index (κ2) is 4.62. The Labute approximate surface area is 108 Å². The highest BCUT2D eigenvalue weighted by Crippen LogP contribution is 2.17. The fourth-order valence-corrected chi connectivity index (χ4v) is 2.41. The van der Waals surface area contributed by atoms with Crippen molar-refractivity contribution in [3.05, 3.63) is 52.6 Å². The van der Waals surface area contributed by atoms with E-state index in [1.807, 2.05) is 30.5 Å². The monoisotopic (exact) mass is 257 g/mol. The molecule has 0 aliphatic carbocycles. The first kappa shape index (κ1) is 11.0. The number of H-pyrrole nitrogens is 1. The summed E-state index contributed by atoms with van der Waals surface area (Å²) >= 11 is 1.53. The Bertz CT molecular complexity index is 672. The van der Waals surface area contributed by atoms with Crippen LogP contribution in [-0.4, -0.2) is 15.9 Å². The lowest BCUT2D eigenvalue weighted by molar-refractivity contribution is 0.0953. The van der Waals surface area contributed by atoms with Crippen molar-refractivity contribution in [1.82, 2.24) is 15.3 Å². The van der Waals surface area contributed by atoms with Crippen LogP contribution in [0.2, 0.25) is 0 Å². The van der Waals surface area contributed by atoms with Crippen LogP contribution in [0.4, 0.5) is 0 Å². The van der Waals surface area contributed by atoms with Crippen LogP contribution in [0.25, 0.3) is 10.9 Å². The molecule has 3 aromatic rings. The largest absolute Gasteiger partial charge is 0.361 e. The van der Waals surface area contributed by atoms with E-state index in [0.29, 0.717) is 12.1 Å². The Balaban J connectivity index is 1.81. The van der Waals surface area contributed by atoms with Gasteiger partial charge in [0.2, 0.25) is 0 Å². The molecule has 90 valence electrons. The number of aromatic nitrogens is 2. The molecule has 0 bridgehead atoms. The molecule has 0 unspecified atom stereocenters. The molecule has 5 heteroatoms. The van der Waals surface area contributed by atoms with Crippen molar-refractivity contribution in [2.45, 2.75) is 6.54 Å². The van der Waals surface area contributed by atoms with Gasteiger partial charge in [0.15, 0.2) is 0 Å². The molecular formula is C13H11N3OS. The second-order valence-electron chi connectivity index (χ2n) is 3.89. The fourth-order valence-electron chi connectivity index (χ4n) is 1.88. The van der Waals surface area contributed by atoms with E-state index < -0.39 is 0 Å². The quantitative estimate of drug-likeness (QED) is 0.757. The Kier molecular flexibility index (Phi) is 2.82. The molecule has 0 fully saturated rings. The van der Waals surface area contributed by atoms with Gasteiger partial charge in [0.1, 0.15) is 0 Å². The van der Waals surface area contributed by atoms with Crippen molar-refractivity contribution >= 4 is 28.1 Å². The number of benzene rings is 1. The van der Waals surface area contributed by atoms with Crippen LogP contribution >= 0.6 is 11.3 Å². The van der Waals surface area contributed by atoms with Crippen LogP contribution in [0, 0.1) is 0 Å². The van der Waals surface area contributed by atoms with Gasteiger partial charge >= 0.3 is 0 Å². The average Bonchev–Trinajstić information content (AvgIpc) is 3.05. The van der Waals surface area contributed by atoms with Gasteiger partial charge in [0, 0.05) is 33.7 Å². The average molecular weight is 257 g/mol. The van der Waals surface area contributed by atoms with E-state index in [1.165, 1.54) is 11.3 Å². The van der Waals surface area contributed by atoms with Crippen LogP contribution in [-0.2, 0) is 6.54 Å². The van der Waals surface area contributed by atoms with Crippen molar-refractivity contribution < 1.29 is 4.79 Å². The molecule has 0 spiro atoms. The van der Waals surface area contributed by atoms with Crippen LogP contribution in [0.1, 0.15) is 15.2 Å². The van der Waals surface area contributed by atoms with Gasteiger partial charge in [-0.25, -0.2) is 0 Å². The SMILES string of the molecule is O=C(NCc1cncs1)c1cccc2[nH]ccc12. The number of rotatable bonds is 3. The predicted octanol–water partition coefficient (Wildman–Crippen LogP) is 2.55. The number of carbonyl (C=O) groups is 1. The third-order valence-corrected chi connectivity index (χ3v) is 3.53. The zero-order valence-electron chi connectivity index (χ0n) is 9.51. The lowest BCUT2D eigenvalue weighted by Crippen LogP contribution is -2.22. The van der Waals surface area contributed by atoms with E-state index in [-0.39, 0.29) is 5.91 Å². The number of nitrogens with one attached hydrogen (secondary N) is 2. The molecule has 2 aromatic heterocycles. The Hall–Kier alpha value is -2.14. The zero-order valence-corrected chi connectivity index (χ0v) is 10.3. The normalized spacial score (nSPS) is 10.7. The first-order valence-corrected chi connectivity index (χ1v) is 6.44. The second-order valence-corrected chi connectivity index (χ2v) is 4.87. The molecule has 1 aromatic carbocycles. The first-order chi connectivity index (χ1) is 8.84. The minimum Gasteiger partial charge on any atom is -0.361 e. The maximum absolute atomic E-state index is 12.1. The highest BCUT2D eigenvalue weighted by Gasteiger charge is 2.10. The Morgan fingerprint density at radius 3 is 3.17 bits per heavy atom. The summed E-state index contributed by atoms with van der Waals surface area (Å²) < 4.78 is 0. The number of hydrogen-bond acceptors (Lipinski definition) is 3. The maximum atomic E-state index is 12.1. The summed E-state index contributed by atoms with van der Waals surface area (Å²) in [4.78, 5) is 20.2. The summed E-state index contributed by atoms with van der Waals surface area (Å²) in [5, 5.41) is 3.84. The van der Waals surface area contributed by atoms with Crippen LogP contribution < -0.4 is 5.32 Å². The molecule has 0 atom stereocenters. The Morgan fingerprint density at radius 2 is 2.33 bits per heavy atom. The fraction of sp³-hybridized carbons (Fsp3) is 0.0769. The third kappa shape index (κ3) is 2.00. The number of nitrogens with zero attached hydrogens (tertiary/aromatic N) is 1. The standard InChI is InChI=1S/C13H11N3OS/c17-13(16-7-9-6-14-8-18-9)11-2-1-3-12-10(11)4-5-15-12/h1-6,8,15H,7H2,(H,16,17). The molecule has 0 aliphatic heterocycles. The molecule has 3 rings (SSSR count). The number of carbonyl (C=O) groups excluding carboxylic acids is 1. The lowest BCUT2D eigenvalue weighted by Gasteiger charge is -2.04. The lowest BCUT2D eigenvalue weighted by atomic mass is 10.1. The van der Waals surface area contributed by atoms with Crippen LogP contribution in [0.15, 0.2) is 42.2 Å². The van der Waals surface area contributed by atoms with Gasteiger partial charge in [-0.05, 0) is 18.2 Å². The minimum absolute atomic E-state index is 0.0615. The minimum atomic E-state index is -0.0615. The van der Waals surface area contributed by atoms with Gasteiger partial charge in [-0.3, -0.25) is 9.78 Å². The zero-order chi connectivity index (χ0) is 12.4. The highest BCUT2D eigenvalue weighted by atomic mass is 32.1. The van der Waals surface area contributed by atoms with Crippen LogP contribution in [0.5, 0.6) is 0 Å². The summed E-state index contributed by atoms with van der Waals surface area (Å²) in [6.45, 7) is 0.518. The van der Waals surface area contributed by atoms with Gasteiger partial charge in [-0.1, -0.05) is 6.07 Å². The Morgan fingerprint density at radius 1 is 1.39 bits per heavy atom. The topological polar surface area (TPSA) is 57.8 Å². The van der Waals surface area contributed by atoms with E-state index in [4.69, 9.17) is 0 Å². The summed E-state index contributed by atoms with van der Waals surface area (Å²) in [6, 6.07) is 7.57. The summed E-state index contributed by atoms with van der Waals surface area (Å²) in [6.07, 6.45) is 3.60. The molecule has 1 amide bonds. The van der Waals surface area contributed by atoms with Gasteiger partial charge < -0.3 is 10.3 Å². The van der Waals surface area contributed by atoms with Crippen molar-refractivity contribution in [3.63, 3.8) is 0 Å². The molecule has 0 radical (unpaired) electrons. The van der Waals surface area contributed by atoms with Crippen molar-refractivity contribution in [1.29, 1.82) is 0 Å². The van der Waals surface area contributed by atoms with E-state index in [2.05, 4.69) is 15.3 Å². The third-order valence-electron chi connectivity index (χ3n) is 2.75. The number of amides is 1. The number of hydrogen-bond donors (Lipinski definition) is 2. The molecule has 0 aliphatic rings. The van der Waals surface area contributed by atoms with Crippen molar-refractivity contribution in [3.8, 4) is 0 Å². The number of thiazole rings is 1. The van der Waals surface area contributed by atoms with E-state index in [0.717, 1.165) is 15.8 Å². The summed E-state index contributed by atoms with van der Waals surface area (Å²) in [5.41, 5.74) is 3.42. The smallest absolute Gasteiger partial charge is 0.252 e. The van der Waals surface area contributed by atoms with Gasteiger partial charge in [-0.2, -0.15) is 0 Å². The van der Waals surface area contributed by atoms with E-state index in [9.17, 15) is 4.79 Å². The van der Waals surface area contributed by atoms with E-state index >= 15 is 0 Å². The predicted molar refractivity (Wildman–Crippen MR) is 71.6 cm³/mol. The molecule has 4 nitrogen and oxygen atoms in total. The molecule has 2 N–H and O–H groups in total. The highest BCUT2D eigenvalue weighted by molar-refractivity contribution is 7.09. The van der Waals surface area contributed by atoms with Gasteiger partial charge in [-0.15, -0.1) is 11.3 Å². The van der Waals surface area contributed by atoms with E-state index in [1.54, 1.807) is 11.7 Å². The molecule has 2 heterocycles. The van der Waals surface area contributed by atoms with Crippen molar-refractivity contribution in [2.75, 3.05) is 0 Å². The molecule has 18 heavy (non-hydrogen) atoms. The molecular weight excluding hydrogens is 246 g/mol. The number of aromatic amines is 1. The summed E-state index contributed by atoms with van der Waals surface area (Å²) in [5.74, 6) is -0.0615. The molecule has 0 saturated carbocycles. The van der Waals surface area contributed by atoms with Crippen LogP contribution in [0.3, 0.4) is 0 Å². The van der Waals surface area contributed by atoms with Crippen molar-refractivity contribution in [2.24, 2.45) is 0 Å². The molecule has 0 saturated heterocycles. The number of fused-ring (bicyclic) bond motifs is 1. The van der Waals surface area contributed by atoms with Gasteiger partial charge in [0.25, 0.3) is 5.91 Å². The maximum Gasteiger partial charge on any atom is 0.252 e. The van der Waals surface area contributed by atoms with Gasteiger partial charge in [0.05, 0.1) is 12.1 Å². The first-order valence-electron chi connectivity index (χ1n) is 5.56. The summed E-state index contributed by atoms with van der Waals surface area (Å²) in [7, 11) is 0.